The maximum atomic E-state index is 13.5. The fraction of sp³-hybridized carbons (Fsp3) is 0.364. The number of amides is 1. The summed E-state index contributed by atoms with van der Waals surface area (Å²) in [4.78, 5) is 11.4. The minimum absolute atomic E-state index is 0.0622. The van der Waals surface area contributed by atoms with Crippen LogP contribution in [0.2, 0.25) is 0 Å². The molecular weight excluding hydrogens is 245 g/mol. The Bertz CT molecular complexity index is 541. The molecule has 1 aliphatic heterocycles. The number of carbonyl (C=O) groups excluding carboxylic acids is 1. The van der Waals surface area contributed by atoms with Crippen molar-refractivity contribution in [3.05, 3.63) is 35.6 Å². The van der Waals surface area contributed by atoms with E-state index in [1.807, 2.05) is 0 Å². The van der Waals surface area contributed by atoms with Crippen LogP contribution in [-0.2, 0) is 14.6 Å². The first-order valence-electron chi connectivity index (χ1n) is 5.22. The zero-order valence-corrected chi connectivity index (χ0v) is 9.84. The molecule has 6 heteroatoms. The van der Waals surface area contributed by atoms with Gasteiger partial charge in [-0.05, 0) is 6.07 Å². The summed E-state index contributed by atoms with van der Waals surface area (Å²) >= 11 is 0. The molecule has 0 spiro atoms. The summed E-state index contributed by atoms with van der Waals surface area (Å²) < 4.78 is 36.7. The minimum atomic E-state index is -3.32. The second kappa shape index (κ2) is 4.44. The third-order valence-corrected chi connectivity index (χ3v) is 4.34. The monoisotopic (exact) mass is 257 g/mol. The van der Waals surface area contributed by atoms with Crippen molar-refractivity contribution in [2.45, 2.75) is 12.5 Å². The van der Waals surface area contributed by atoms with Gasteiger partial charge in [-0.15, -0.1) is 0 Å². The predicted molar refractivity (Wildman–Crippen MR) is 60.6 cm³/mol. The van der Waals surface area contributed by atoms with E-state index >= 15 is 0 Å². The fourth-order valence-corrected chi connectivity index (χ4v) is 3.25. The van der Waals surface area contributed by atoms with Crippen LogP contribution in [0.4, 0.5) is 4.39 Å². The van der Waals surface area contributed by atoms with E-state index in [1.165, 1.54) is 18.2 Å². The molecule has 1 amide bonds. The fourth-order valence-electron chi connectivity index (χ4n) is 1.82. The number of carbonyl (C=O) groups is 1. The van der Waals surface area contributed by atoms with Gasteiger partial charge in [0.2, 0.25) is 5.91 Å². The van der Waals surface area contributed by atoms with E-state index in [-0.39, 0.29) is 29.4 Å². The Labute approximate surface area is 98.8 Å². The van der Waals surface area contributed by atoms with Crippen molar-refractivity contribution in [2.24, 2.45) is 0 Å². The molecule has 0 aromatic heterocycles. The molecular formula is C11H12FNO3S. The summed E-state index contributed by atoms with van der Waals surface area (Å²) in [5.41, 5.74) is 0.214. The molecule has 1 aliphatic rings. The summed E-state index contributed by atoms with van der Waals surface area (Å²) in [6, 6.07) is 5.07. The molecule has 1 N–H and O–H groups in total. The topological polar surface area (TPSA) is 63.2 Å². The third kappa shape index (κ3) is 2.82. The number of nitrogens with one attached hydrogen (secondary N) is 1. The minimum Gasteiger partial charge on any atom is -0.348 e. The quantitative estimate of drug-likeness (QED) is 0.809. The Morgan fingerprint density at radius 2 is 2.00 bits per heavy atom. The lowest BCUT2D eigenvalue weighted by molar-refractivity contribution is -0.121. The zero-order valence-electron chi connectivity index (χ0n) is 9.02. The van der Waals surface area contributed by atoms with E-state index in [0.29, 0.717) is 0 Å². The average molecular weight is 257 g/mol. The van der Waals surface area contributed by atoms with E-state index in [0.717, 1.165) is 0 Å². The molecule has 1 aromatic rings. The van der Waals surface area contributed by atoms with Gasteiger partial charge in [0.1, 0.15) is 5.82 Å². The summed E-state index contributed by atoms with van der Waals surface area (Å²) in [6.45, 7) is 0. The van der Waals surface area contributed by atoms with Crippen LogP contribution in [-0.4, -0.2) is 25.8 Å². The molecule has 0 radical (unpaired) electrons. The van der Waals surface area contributed by atoms with Crippen LogP contribution >= 0.6 is 0 Å². The molecule has 1 unspecified atom stereocenters. The van der Waals surface area contributed by atoms with Crippen LogP contribution in [0.1, 0.15) is 18.0 Å². The first kappa shape index (κ1) is 12.0. The smallest absolute Gasteiger partial charge is 0.221 e. The van der Waals surface area contributed by atoms with Crippen molar-refractivity contribution in [3.8, 4) is 0 Å². The first-order chi connectivity index (χ1) is 7.98. The molecule has 1 heterocycles. The Balaban J connectivity index is 2.37. The average Bonchev–Trinajstić information content (AvgIpc) is 2.38. The van der Waals surface area contributed by atoms with E-state index in [4.69, 9.17) is 0 Å². The maximum absolute atomic E-state index is 13.5. The number of hydrogen-bond donors (Lipinski definition) is 1. The van der Waals surface area contributed by atoms with Crippen LogP contribution in [0.5, 0.6) is 0 Å². The van der Waals surface area contributed by atoms with Gasteiger partial charge in [0.15, 0.2) is 9.84 Å². The van der Waals surface area contributed by atoms with E-state index in [9.17, 15) is 17.6 Å². The van der Waals surface area contributed by atoms with Crippen molar-refractivity contribution >= 4 is 15.7 Å². The largest absolute Gasteiger partial charge is 0.348 e. The van der Waals surface area contributed by atoms with Crippen molar-refractivity contribution in [2.75, 3.05) is 11.5 Å². The lowest BCUT2D eigenvalue weighted by Crippen LogP contribution is -2.29. The van der Waals surface area contributed by atoms with Crippen molar-refractivity contribution in [3.63, 3.8) is 0 Å². The van der Waals surface area contributed by atoms with Gasteiger partial charge in [-0.2, -0.15) is 0 Å². The first-order valence-corrected chi connectivity index (χ1v) is 7.04. The van der Waals surface area contributed by atoms with E-state index in [1.54, 1.807) is 6.07 Å². The second-order valence-electron chi connectivity index (χ2n) is 4.01. The molecule has 1 aromatic carbocycles. The molecule has 17 heavy (non-hydrogen) atoms. The van der Waals surface area contributed by atoms with Gasteiger partial charge in [-0.3, -0.25) is 4.79 Å². The summed E-state index contributed by atoms with van der Waals surface area (Å²) in [5.74, 6) is -1.29. The highest BCUT2D eigenvalue weighted by Crippen LogP contribution is 2.21. The van der Waals surface area contributed by atoms with Gasteiger partial charge < -0.3 is 5.32 Å². The lowest BCUT2D eigenvalue weighted by atomic mass is 10.1. The van der Waals surface area contributed by atoms with Gasteiger partial charge in [-0.1, -0.05) is 18.2 Å². The Kier molecular flexibility index (Phi) is 3.15. The molecule has 4 nitrogen and oxygen atoms in total. The molecule has 1 atom stereocenters. The van der Waals surface area contributed by atoms with Gasteiger partial charge in [-0.25, -0.2) is 12.8 Å². The number of halogens is 1. The van der Waals surface area contributed by atoms with E-state index in [2.05, 4.69) is 5.32 Å². The number of rotatable bonds is 1. The van der Waals surface area contributed by atoms with Crippen LogP contribution in [0.3, 0.4) is 0 Å². The molecule has 92 valence electrons. The highest BCUT2D eigenvalue weighted by atomic mass is 32.2. The standard InChI is InChI=1S/C11H12FNO3S/c12-9-4-2-1-3-8(9)10-7-17(15,16)6-5-11(14)13-10/h1-4,10H,5-7H2,(H,13,14). The van der Waals surface area contributed by atoms with Gasteiger partial charge >= 0.3 is 0 Å². The second-order valence-corrected chi connectivity index (χ2v) is 6.23. The molecule has 1 saturated heterocycles. The predicted octanol–water partition coefficient (Wildman–Crippen LogP) is 0.802. The molecule has 2 rings (SSSR count). The summed E-state index contributed by atoms with van der Waals surface area (Å²) in [6.07, 6.45) is -0.0622. The van der Waals surface area contributed by atoms with Crippen LogP contribution in [0.15, 0.2) is 24.3 Å². The van der Waals surface area contributed by atoms with E-state index < -0.39 is 21.7 Å². The summed E-state index contributed by atoms with van der Waals surface area (Å²) in [7, 11) is -3.32. The van der Waals surface area contributed by atoms with Crippen molar-refractivity contribution in [1.29, 1.82) is 0 Å². The van der Waals surface area contributed by atoms with Gasteiger partial charge in [0.05, 0.1) is 17.5 Å². The Morgan fingerprint density at radius 3 is 2.71 bits per heavy atom. The number of hydrogen-bond acceptors (Lipinski definition) is 3. The van der Waals surface area contributed by atoms with Crippen molar-refractivity contribution in [1.82, 2.24) is 5.32 Å². The highest BCUT2D eigenvalue weighted by molar-refractivity contribution is 7.91. The number of benzene rings is 1. The van der Waals surface area contributed by atoms with Crippen molar-refractivity contribution < 1.29 is 17.6 Å². The zero-order chi connectivity index (χ0) is 12.5. The van der Waals surface area contributed by atoms with Crippen LogP contribution in [0, 0.1) is 5.82 Å². The number of sulfone groups is 1. The lowest BCUT2D eigenvalue weighted by Gasteiger charge is -2.16. The normalized spacial score (nSPS) is 23.8. The van der Waals surface area contributed by atoms with Crippen LogP contribution in [0.25, 0.3) is 0 Å². The van der Waals surface area contributed by atoms with Crippen LogP contribution < -0.4 is 5.32 Å². The van der Waals surface area contributed by atoms with Gasteiger partial charge in [0, 0.05) is 12.0 Å². The SMILES string of the molecule is O=C1CCS(=O)(=O)CC(c2ccccc2F)N1. The summed E-state index contributed by atoms with van der Waals surface area (Å²) in [5, 5.41) is 2.53. The highest BCUT2D eigenvalue weighted by Gasteiger charge is 2.28. The Morgan fingerprint density at radius 1 is 1.29 bits per heavy atom. The molecule has 0 bridgehead atoms. The maximum Gasteiger partial charge on any atom is 0.221 e. The van der Waals surface area contributed by atoms with Gasteiger partial charge in [0.25, 0.3) is 0 Å². The Hall–Kier alpha value is -1.43. The molecule has 1 fully saturated rings. The molecule has 0 saturated carbocycles. The molecule has 0 aliphatic carbocycles. The third-order valence-electron chi connectivity index (χ3n) is 2.68.